The molecule has 0 fully saturated rings. The van der Waals surface area contributed by atoms with E-state index in [4.69, 9.17) is 5.73 Å². The lowest BCUT2D eigenvalue weighted by Crippen LogP contribution is -2.36. The van der Waals surface area contributed by atoms with E-state index in [2.05, 4.69) is 10.1 Å². The Morgan fingerprint density at radius 1 is 1.64 bits per heavy atom. The van der Waals surface area contributed by atoms with Crippen molar-refractivity contribution in [3.8, 4) is 0 Å². The minimum absolute atomic E-state index is 0.0717. The monoisotopic (exact) mass is 160 g/mol. The number of nitrogens with one attached hydrogen (secondary N) is 1. The maximum absolute atomic E-state index is 10.6. The zero-order valence-electron chi connectivity index (χ0n) is 7.26. The Bertz CT molecular complexity index is 126. The zero-order valence-corrected chi connectivity index (χ0v) is 7.26. The van der Waals surface area contributed by atoms with Crippen molar-refractivity contribution in [3.05, 3.63) is 0 Å². The van der Waals surface area contributed by atoms with Crippen LogP contribution in [-0.2, 0) is 4.74 Å². The van der Waals surface area contributed by atoms with Gasteiger partial charge in [0.1, 0.15) is 0 Å². The highest BCUT2D eigenvalue weighted by Gasteiger charge is 2.07. The van der Waals surface area contributed by atoms with Crippen molar-refractivity contribution in [1.82, 2.24) is 5.32 Å². The average molecular weight is 160 g/mol. The van der Waals surface area contributed by atoms with Crippen molar-refractivity contribution in [2.45, 2.75) is 32.4 Å². The molecule has 0 aliphatic carbocycles. The van der Waals surface area contributed by atoms with Crippen LogP contribution in [0.3, 0.4) is 0 Å². The van der Waals surface area contributed by atoms with Gasteiger partial charge in [-0.2, -0.15) is 0 Å². The largest absolute Gasteiger partial charge is 0.453 e. The minimum Gasteiger partial charge on any atom is -0.453 e. The smallest absolute Gasteiger partial charge is 0.407 e. The van der Waals surface area contributed by atoms with E-state index in [1.54, 1.807) is 0 Å². The fourth-order valence-electron chi connectivity index (χ4n) is 0.877. The summed E-state index contributed by atoms with van der Waals surface area (Å²) in [5, 5.41) is 2.62. The Morgan fingerprint density at radius 2 is 2.18 bits per heavy atom. The van der Waals surface area contributed by atoms with Crippen LogP contribution in [0.15, 0.2) is 0 Å². The number of methoxy groups -OCH3 is 1. The fourth-order valence-corrected chi connectivity index (χ4v) is 0.877. The summed E-state index contributed by atoms with van der Waals surface area (Å²) in [7, 11) is 1.34. The summed E-state index contributed by atoms with van der Waals surface area (Å²) in [5.74, 6) is 0. The number of nitrogens with two attached hydrogens (primary N) is 1. The SMILES string of the molecule is COC(=O)NC(C)CC(C)N. The van der Waals surface area contributed by atoms with Gasteiger partial charge in [-0.15, -0.1) is 0 Å². The normalized spacial score (nSPS) is 15.3. The van der Waals surface area contributed by atoms with Gasteiger partial charge in [-0.25, -0.2) is 4.79 Å². The minimum atomic E-state index is -0.404. The summed E-state index contributed by atoms with van der Waals surface area (Å²) >= 11 is 0. The van der Waals surface area contributed by atoms with Gasteiger partial charge in [0.25, 0.3) is 0 Å². The van der Waals surface area contributed by atoms with Crippen molar-refractivity contribution in [3.63, 3.8) is 0 Å². The molecule has 4 heteroatoms. The van der Waals surface area contributed by atoms with Crippen LogP contribution in [0.25, 0.3) is 0 Å². The van der Waals surface area contributed by atoms with Crippen molar-refractivity contribution in [1.29, 1.82) is 0 Å². The lowest BCUT2D eigenvalue weighted by molar-refractivity contribution is 0.166. The lowest BCUT2D eigenvalue weighted by atomic mass is 10.1. The van der Waals surface area contributed by atoms with Crippen molar-refractivity contribution in [2.75, 3.05) is 7.11 Å². The Balaban J connectivity index is 3.51. The van der Waals surface area contributed by atoms with Gasteiger partial charge in [0, 0.05) is 12.1 Å². The summed E-state index contributed by atoms with van der Waals surface area (Å²) in [6, 6.07) is 0.171. The quantitative estimate of drug-likeness (QED) is 0.630. The first-order chi connectivity index (χ1) is 5.06. The third-order valence-corrected chi connectivity index (χ3v) is 1.27. The molecule has 0 saturated heterocycles. The van der Waals surface area contributed by atoms with Gasteiger partial charge in [0.2, 0.25) is 0 Å². The van der Waals surface area contributed by atoms with E-state index in [1.807, 2.05) is 13.8 Å². The van der Waals surface area contributed by atoms with Gasteiger partial charge in [0.15, 0.2) is 0 Å². The van der Waals surface area contributed by atoms with E-state index < -0.39 is 6.09 Å². The van der Waals surface area contributed by atoms with Gasteiger partial charge in [-0.3, -0.25) is 0 Å². The van der Waals surface area contributed by atoms with Gasteiger partial charge >= 0.3 is 6.09 Å². The third kappa shape index (κ3) is 5.66. The van der Waals surface area contributed by atoms with Gasteiger partial charge in [-0.05, 0) is 20.3 Å². The molecule has 66 valence electrons. The van der Waals surface area contributed by atoms with Gasteiger partial charge in [-0.1, -0.05) is 0 Å². The van der Waals surface area contributed by atoms with Gasteiger partial charge < -0.3 is 15.8 Å². The second-order valence-electron chi connectivity index (χ2n) is 2.75. The maximum atomic E-state index is 10.6. The van der Waals surface area contributed by atoms with Crippen LogP contribution in [0.2, 0.25) is 0 Å². The fraction of sp³-hybridized carbons (Fsp3) is 0.857. The average Bonchev–Trinajstić information content (AvgIpc) is 1.85. The molecule has 0 bridgehead atoms. The molecule has 11 heavy (non-hydrogen) atoms. The number of amides is 1. The number of carbonyl (C=O) groups is 1. The third-order valence-electron chi connectivity index (χ3n) is 1.27. The van der Waals surface area contributed by atoms with Crippen LogP contribution < -0.4 is 11.1 Å². The predicted octanol–water partition coefficient (Wildman–Crippen LogP) is 0.468. The first kappa shape index (κ1) is 10.2. The van der Waals surface area contributed by atoms with Crippen LogP contribution in [0.1, 0.15) is 20.3 Å². The summed E-state index contributed by atoms with van der Waals surface area (Å²) in [4.78, 5) is 10.6. The second-order valence-corrected chi connectivity index (χ2v) is 2.75. The molecular weight excluding hydrogens is 144 g/mol. The van der Waals surface area contributed by atoms with E-state index in [9.17, 15) is 4.79 Å². The molecule has 0 aliphatic heterocycles. The number of hydrogen-bond donors (Lipinski definition) is 2. The highest BCUT2D eigenvalue weighted by molar-refractivity contribution is 5.67. The summed E-state index contributed by atoms with van der Waals surface area (Å²) < 4.78 is 4.41. The van der Waals surface area contributed by atoms with Crippen LogP contribution in [0.5, 0.6) is 0 Å². The van der Waals surface area contributed by atoms with Crippen LogP contribution in [-0.4, -0.2) is 25.3 Å². The van der Waals surface area contributed by atoms with Crippen molar-refractivity contribution in [2.24, 2.45) is 5.73 Å². The molecule has 0 saturated carbocycles. The molecule has 0 heterocycles. The highest BCUT2D eigenvalue weighted by Crippen LogP contribution is 1.94. The van der Waals surface area contributed by atoms with Crippen LogP contribution in [0, 0.1) is 0 Å². The predicted molar refractivity (Wildman–Crippen MR) is 43.3 cm³/mol. The first-order valence-electron chi connectivity index (χ1n) is 3.66. The molecular formula is C7H16N2O2. The van der Waals surface area contributed by atoms with Crippen molar-refractivity contribution >= 4 is 6.09 Å². The molecule has 0 radical (unpaired) electrons. The molecule has 2 unspecified atom stereocenters. The Kier molecular flexibility index (Phi) is 4.61. The Morgan fingerprint density at radius 3 is 2.55 bits per heavy atom. The standard InChI is InChI=1S/C7H16N2O2/c1-5(8)4-6(2)9-7(10)11-3/h5-6H,4,8H2,1-3H3,(H,9,10). The molecule has 0 aliphatic rings. The lowest BCUT2D eigenvalue weighted by Gasteiger charge is -2.14. The molecule has 0 aromatic carbocycles. The van der Waals surface area contributed by atoms with Crippen molar-refractivity contribution < 1.29 is 9.53 Å². The first-order valence-corrected chi connectivity index (χ1v) is 3.66. The number of hydrogen-bond acceptors (Lipinski definition) is 3. The molecule has 1 amide bonds. The molecule has 0 aromatic heterocycles. The number of ether oxygens (including phenoxy) is 1. The Hall–Kier alpha value is -0.770. The zero-order chi connectivity index (χ0) is 8.85. The number of carbonyl (C=O) groups excluding carboxylic acids is 1. The number of alkyl carbamates (subject to hydrolysis) is 1. The molecule has 2 atom stereocenters. The molecule has 3 N–H and O–H groups in total. The topological polar surface area (TPSA) is 64.3 Å². The summed E-state index contributed by atoms with van der Waals surface area (Å²) in [6.45, 7) is 3.79. The maximum Gasteiger partial charge on any atom is 0.407 e. The van der Waals surface area contributed by atoms with Crippen LogP contribution in [0.4, 0.5) is 4.79 Å². The van der Waals surface area contributed by atoms with E-state index in [0.29, 0.717) is 0 Å². The second kappa shape index (κ2) is 4.96. The highest BCUT2D eigenvalue weighted by atomic mass is 16.5. The van der Waals surface area contributed by atoms with Crippen LogP contribution >= 0.6 is 0 Å². The summed E-state index contributed by atoms with van der Waals surface area (Å²) in [5.41, 5.74) is 5.52. The number of rotatable bonds is 3. The molecule has 0 aromatic rings. The van der Waals surface area contributed by atoms with Gasteiger partial charge in [0.05, 0.1) is 7.11 Å². The molecule has 0 spiro atoms. The Labute approximate surface area is 67.1 Å². The molecule has 4 nitrogen and oxygen atoms in total. The van der Waals surface area contributed by atoms with E-state index in [1.165, 1.54) is 7.11 Å². The van der Waals surface area contributed by atoms with E-state index in [-0.39, 0.29) is 12.1 Å². The summed E-state index contributed by atoms with van der Waals surface area (Å²) in [6.07, 6.45) is 0.355. The van der Waals surface area contributed by atoms with E-state index in [0.717, 1.165) is 6.42 Å². The van der Waals surface area contributed by atoms with E-state index >= 15 is 0 Å². The molecule has 0 rings (SSSR count).